The number of rotatable bonds is 6. The van der Waals surface area contributed by atoms with Gasteiger partial charge in [0.2, 0.25) is 15.9 Å². The highest BCUT2D eigenvalue weighted by Gasteiger charge is 2.20. The van der Waals surface area contributed by atoms with Gasteiger partial charge in [-0.25, -0.2) is 13.1 Å². The lowest BCUT2D eigenvalue weighted by atomic mass is 10.2. The van der Waals surface area contributed by atoms with E-state index in [0.29, 0.717) is 32.7 Å². The second-order valence-electron chi connectivity index (χ2n) is 6.44. The SMILES string of the molecule is CCNC(=NCCNS(=O)(=O)c1ccc(C)cc1)N1CCN(C(C)=O)CC1.I. The Hall–Kier alpha value is -1.40. The van der Waals surface area contributed by atoms with Crippen molar-refractivity contribution in [3.05, 3.63) is 29.8 Å². The van der Waals surface area contributed by atoms with Crippen LogP contribution in [0.5, 0.6) is 0 Å². The molecule has 0 bridgehead atoms. The minimum atomic E-state index is -3.53. The van der Waals surface area contributed by atoms with E-state index < -0.39 is 10.0 Å². The molecule has 158 valence electrons. The van der Waals surface area contributed by atoms with Crippen LogP contribution in [0.15, 0.2) is 34.2 Å². The molecule has 10 heteroatoms. The van der Waals surface area contributed by atoms with E-state index in [1.807, 2.05) is 18.7 Å². The largest absolute Gasteiger partial charge is 0.357 e. The zero-order valence-corrected chi connectivity index (χ0v) is 19.8. The van der Waals surface area contributed by atoms with Crippen LogP contribution in [0, 0.1) is 6.92 Å². The molecule has 8 nitrogen and oxygen atoms in total. The number of nitrogens with one attached hydrogen (secondary N) is 2. The van der Waals surface area contributed by atoms with E-state index in [4.69, 9.17) is 0 Å². The third kappa shape index (κ3) is 7.21. The molecule has 28 heavy (non-hydrogen) atoms. The van der Waals surface area contributed by atoms with Crippen LogP contribution in [0.3, 0.4) is 0 Å². The molecule has 0 unspecified atom stereocenters. The van der Waals surface area contributed by atoms with Crippen molar-refractivity contribution in [1.29, 1.82) is 0 Å². The van der Waals surface area contributed by atoms with Gasteiger partial charge in [-0.1, -0.05) is 17.7 Å². The van der Waals surface area contributed by atoms with Gasteiger partial charge in [0, 0.05) is 46.2 Å². The molecular weight excluding hydrogens is 493 g/mol. The number of halogens is 1. The predicted octanol–water partition coefficient (Wildman–Crippen LogP) is 1.02. The number of nitrogens with zero attached hydrogens (tertiary/aromatic N) is 3. The van der Waals surface area contributed by atoms with Crippen LogP contribution in [-0.4, -0.2) is 75.9 Å². The number of piperazine rings is 1. The highest BCUT2D eigenvalue weighted by Crippen LogP contribution is 2.09. The third-order valence-electron chi connectivity index (χ3n) is 4.36. The Morgan fingerprint density at radius 3 is 2.21 bits per heavy atom. The maximum atomic E-state index is 12.3. The van der Waals surface area contributed by atoms with Crippen molar-refractivity contribution in [3.8, 4) is 0 Å². The molecule has 1 amide bonds. The Bertz CT molecular complexity index is 760. The number of guanidine groups is 1. The van der Waals surface area contributed by atoms with Crippen LogP contribution in [0.4, 0.5) is 0 Å². The van der Waals surface area contributed by atoms with Gasteiger partial charge < -0.3 is 15.1 Å². The number of amides is 1. The third-order valence-corrected chi connectivity index (χ3v) is 5.83. The smallest absolute Gasteiger partial charge is 0.240 e. The summed E-state index contributed by atoms with van der Waals surface area (Å²) in [6, 6.07) is 6.74. The number of benzene rings is 1. The van der Waals surface area contributed by atoms with E-state index in [9.17, 15) is 13.2 Å². The number of sulfonamides is 1. The summed E-state index contributed by atoms with van der Waals surface area (Å²) in [5.74, 6) is 0.831. The van der Waals surface area contributed by atoms with Crippen molar-refractivity contribution in [2.24, 2.45) is 4.99 Å². The molecule has 1 heterocycles. The van der Waals surface area contributed by atoms with Gasteiger partial charge in [-0.3, -0.25) is 9.79 Å². The maximum absolute atomic E-state index is 12.3. The zero-order chi connectivity index (χ0) is 19.9. The van der Waals surface area contributed by atoms with Crippen molar-refractivity contribution in [2.45, 2.75) is 25.7 Å². The minimum Gasteiger partial charge on any atom is -0.357 e. The van der Waals surface area contributed by atoms with Gasteiger partial charge in [-0.15, -0.1) is 24.0 Å². The number of aliphatic imine (C=N–C) groups is 1. The van der Waals surface area contributed by atoms with E-state index >= 15 is 0 Å². The van der Waals surface area contributed by atoms with E-state index in [2.05, 4.69) is 19.9 Å². The molecule has 2 N–H and O–H groups in total. The Labute approximate surface area is 184 Å². The number of hydrogen-bond donors (Lipinski definition) is 2. The highest BCUT2D eigenvalue weighted by molar-refractivity contribution is 14.0. The minimum absolute atomic E-state index is 0. The van der Waals surface area contributed by atoms with Crippen LogP contribution < -0.4 is 10.0 Å². The number of carbonyl (C=O) groups excluding carboxylic acids is 1. The summed E-state index contributed by atoms with van der Waals surface area (Å²) in [6.45, 7) is 9.51. The molecule has 1 aliphatic rings. The fourth-order valence-corrected chi connectivity index (χ4v) is 3.82. The second kappa shape index (κ2) is 11.6. The number of aryl methyl sites for hydroxylation is 1. The van der Waals surface area contributed by atoms with Crippen LogP contribution in [-0.2, 0) is 14.8 Å². The molecular formula is C18H30IN5O3S. The van der Waals surface area contributed by atoms with Crippen molar-refractivity contribution in [3.63, 3.8) is 0 Å². The standard InChI is InChI=1S/C18H29N5O3S.HI/c1-4-19-18(23-13-11-22(12-14-23)16(3)24)20-9-10-21-27(25,26)17-7-5-15(2)6-8-17;/h5-8,21H,4,9-14H2,1-3H3,(H,19,20);1H. The van der Waals surface area contributed by atoms with Gasteiger partial charge in [-0.05, 0) is 26.0 Å². The second-order valence-corrected chi connectivity index (χ2v) is 8.21. The van der Waals surface area contributed by atoms with Crippen LogP contribution in [0.25, 0.3) is 0 Å². The lowest BCUT2D eigenvalue weighted by molar-refractivity contribution is -0.130. The van der Waals surface area contributed by atoms with Gasteiger partial charge in [0.25, 0.3) is 0 Å². The molecule has 0 spiro atoms. The first-order valence-electron chi connectivity index (χ1n) is 9.18. The first-order chi connectivity index (χ1) is 12.8. The Morgan fingerprint density at radius 1 is 1.11 bits per heavy atom. The summed E-state index contributed by atoms with van der Waals surface area (Å²) < 4.78 is 27.2. The topological polar surface area (TPSA) is 94.1 Å². The fourth-order valence-electron chi connectivity index (χ4n) is 2.80. The molecule has 0 atom stereocenters. The van der Waals surface area contributed by atoms with E-state index in [1.165, 1.54) is 0 Å². The molecule has 1 aromatic carbocycles. The Kier molecular flexibility index (Phi) is 10.2. The van der Waals surface area contributed by atoms with Gasteiger partial charge in [0.15, 0.2) is 5.96 Å². The average Bonchev–Trinajstić information content (AvgIpc) is 2.64. The Balaban J connectivity index is 0.00000392. The van der Waals surface area contributed by atoms with Crippen molar-refractivity contribution >= 4 is 45.9 Å². The van der Waals surface area contributed by atoms with Crippen LogP contribution >= 0.6 is 24.0 Å². The predicted molar refractivity (Wildman–Crippen MR) is 122 cm³/mol. The van der Waals surface area contributed by atoms with Crippen molar-refractivity contribution in [2.75, 3.05) is 45.8 Å². The maximum Gasteiger partial charge on any atom is 0.240 e. The lowest BCUT2D eigenvalue weighted by Crippen LogP contribution is -2.53. The fraction of sp³-hybridized carbons (Fsp3) is 0.556. The van der Waals surface area contributed by atoms with E-state index in [0.717, 1.165) is 18.1 Å². The molecule has 1 saturated heterocycles. The molecule has 2 rings (SSSR count). The molecule has 0 radical (unpaired) electrons. The summed E-state index contributed by atoms with van der Waals surface area (Å²) in [7, 11) is -3.53. The molecule has 1 fully saturated rings. The normalized spacial score (nSPS) is 15.2. The molecule has 0 aromatic heterocycles. The Morgan fingerprint density at radius 2 is 1.68 bits per heavy atom. The van der Waals surface area contributed by atoms with Gasteiger partial charge in [0.05, 0.1) is 11.4 Å². The van der Waals surface area contributed by atoms with Crippen molar-refractivity contribution < 1.29 is 13.2 Å². The summed E-state index contributed by atoms with van der Waals surface area (Å²) in [4.78, 5) is 20.1. The quantitative estimate of drug-likeness (QED) is 0.252. The van der Waals surface area contributed by atoms with Gasteiger partial charge in [-0.2, -0.15) is 0 Å². The monoisotopic (exact) mass is 523 g/mol. The first-order valence-corrected chi connectivity index (χ1v) is 10.7. The van der Waals surface area contributed by atoms with Crippen LogP contribution in [0.2, 0.25) is 0 Å². The average molecular weight is 523 g/mol. The summed E-state index contributed by atoms with van der Waals surface area (Å²) >= 11 is 0. The summed E-state index contributed by atoms with van der Waals surface area (Å²) in [5.41, 5.74) is 1.01. The molecule has 1 aromatic rings. The molecule has 0 aliphatic carbocycles. The number of hydrogen-bond acceptors (Lipinski definition) is 4. The van der Waals surface area contributed by atoms with Crippen LogP contribution in [0.1, 0.15) is 19.4 Å². The zero-order valence-electron chi connectivity index (χ0n) is 16.6. The number of carbonyl (C=O) groups is 1. The summed E-state index contributed by atoms with van der Waals surface area (Å²) in [6.07, 6.45) is 0. The molecule has 0 saturated carbocycles. The highest BCUT2D eigenvalue weighted by atomic mass is 127. The summed E-state index contributed by atoms with van der Waals surface area (Å²) in [5, 5.41) is 3.23. The molecule has 1 aliphatic heterocycles. The lowest BCUT2D eigenvalue weighted by Gasteiger charge is -2.36. The first kappa shape index (κ1) is 24.6. The van der Waals surface area contributed by atoms with Crippen molar-refractivity contribution in [1.82, 2.24) is 19.8 Å². The van der Waals surface area contributed by atoms with Gasteiger partial charge in [0.1, 0.15) is 0 Å². The van der Waals surface area contributed by atoms with E-state index in [-0.39, 0.29) is 41.3 Å². The van der Waals surface area contributed by atoms with Gasteiger partial charge >= 0.3 is 0 Å². The van der Waals surface area contributed by atoms with E-state index in [1.54, 1.807) is 31.2 Å².